The Morgan fingerprint density at radius 3 is 0.920 bits per heavy atom. The summed E-state index contributed by atoms with van der Waals surface area (Å²) in [6.07, 6.45) is -3.52. The number of nitrogens with two attached hydrogens (primary N) is 5. The van der Waals surface area contributed by atoms with Gasteiger partial charge in [-0.2, -0.15) is 43.1 Å². The van der Waals surface area contributed by atoms with Crippen LogP contribution in [0.3, 0.4) is 0 Å². The fourth-order valence-corrected chi connectivity index (χ4v) is 28.0. The molecule has 15 heterocycles. The highest BCUT2D eigenvalue weighted by molar-refractivity contribution is 7.69. The average Bonchev–Trinajstić information content (AvgIpc) is 1.63. The van der Waals surface area contributed by atoms with Gasteiger partial charge in [-0.25, -0.2) is 148 Å². The zero-order valence-corrected chi connectivity index (χ0v) is 86.2. The minimum absolute atomic E-state index is 0.000206. The number of hydrogen-bond donors (Lipinski definition) is 29. The highest BCUT2D eigenvalue weighted by Crippen LogP contribution is 2.71. The monoisotopic (exact) mass is 2460 g/mol. The van der Waals surface area contributed by atoms with E-state index in [0.29, 0.717) is 35.2 Å². The quantitative estimate of drug-likeness (QED) is 0.0189. The van der Waals surface area contributed by atoms with Gasteiger partial charge in [-0.3, -0.25) is 45.5 Å². The van der Waals surface area contributed by atoms with Gasteiger partial charge in [0, 0.05) is 19.3 Å². The van der Waals surface area contributed by atoms with E-state index >= 15 is 0 Å². The van der Waals surface area contributed by atoms with Crippen molar-refractivity contribution in [1.29, 1.82) is 0 Å². The molecule has 0 bridgehead atoms. The Morgan fingerprint density at radius 2 is 0.573 bits per heavy atom. The van der Waals surface area contributed by atoms with Crippen LogP contribution in [0.15, 0.2) is 63.3 Å². The molecule has 0 radical (unpaired) electrons. The molecule has 101 heteroatoms. The Kier molecular flexibility index (Phi) is 39.5. The Balaban J connectivity index is 0.000000178. The molecule has 5 fully saturated rings. The third kappa shape index (κ3) is 35.7. The van der Waals surface area contributed by atoms with Gasteiger partial charge in [0.2, 0.25) is 6.35 Å². The number of anilines is 5. The molecular weight excluding hydrogens is 2380 g/mol. The van der Waals surface area contributed by atoms with Crippen LogP contribution in [0, 0.1) is 0 Å². The summed E-state index contributed by atoms with van der Waals surface area (Å²) in [7, 11) is -82.3. The van der Waals surface area contributed by atoms with E-state index in [0.717, 1.165) is 23.5 Å². The van der Waals surface area contributed by atoms with Crippen molar-refractivity contribution in [1.82, 2.24) is 103 Å². The summed E-state index contributed by atoms with van der Waals surface area (Å²) < 4.78 is 275. The molecule has 34 N–H and O–H groups in total. The summed E-state index contributed by atoms with van der Waals surface area (Å²) >= 11 is 0. The lowest BCUT2D eigenvalue weighted by Crippen LogP contribution is -2.36. The number of phosphoric acid groups is 15. The van der Waals surface area contributed by atoms with E-state index in [1.807, 2.05) is 0 Å². The van der Waals surface area contributed by atoms with E-state index in [-0.39, 0.29) is 86.9 Å². The number of nitrogen functional groups attached to an aromatic ring is 5. The van der Waals surface area contributed by atoms with Crippen molar-refractivity contribution >= 4 is 202 Å². The third-order valence-corrected chi connectivity index (χ3v) is 37.2. The summed E-state index contributed by atoms with van der Waals surface area (Å²) in [6.45, 7) is -3.78. The number of aliphatic hydroxyl groups excluding tert-OH is 3. The molecule has 5 aliphatic heterocycles. The zero-order chi connectivity index (χ0) is 112. The van der Waals surface area contributed by atoms with Crippen LogP contribution in [-0.2, 0) is 158 Å². The lowest BCUT2D eigenvalue weighted by atomic mass is 10.2. The van der Waals surface area contributed by atoms with Crippen molar-refractivity contribution in [2.45, 2.75) is 118 Å². The molecule has 10 unspecified atom stereocenters. The number of alkyl halides is 1. The number of hydroxylamine groups is 2. The van der Waals surface area contributed by atoms with Gasteiger partial charge in [-0.15, -0.1) is 5.06 Å². The minimum atomic E-state index is -5.71. The van der Waals surface area contributed by atoms with Gasteiger partial charge in [0.1, 0.15) is 102 Å². The van der Waals surface area contributed by atoms with E-state index in [4.69, 9.17) is 126 Å². The van der Waals surface area contributed by atoms with Crippen LogP contribution >= 0.6 is 117 Å². The Bertz CT molecular complexity index is 7150. The molecule has 0 amide bonds. The molecule has 840 valence electrons. The number of aliphatic hydroxyl groups is 3. The van der Waals surface area contributed by atoms with Crippen molar-refractivity contribution in [2.24, 2.45) is 0 Å². The van der Waals surface area contributed by atoms with Crippen LogP contribution < -0.4 is 28.7 Å². The Hall–Kier alpha value is -6.67. The molecule has 24 atom stereocenters. The number of aromatic nitrogens is 20. The number of hydrogen-bond acceptors (Lipinski definition) is 60. The second kappa shape index (κ2) is 48.0. The first-order chi connectivity index (χ1) is 68.8. The fourth-order valence-electron chi connectivity index (χ4n) is 12.8. The second-order valence-electron chi connectivity index (χ2n) is 29.2. The smallest absolute Gasteiger partial charge is 0.390 e. The fraction of sp³-hybridized carbons (Fsp3) is 0.490. The SMILES string of the molecule is Nc1ncnc2c1ncn2[C@@H]1O[C@H](COP(=O)(O)OP(=O)(O)OP(=O)(O)O)C[C@H]1F.Nc1ncnc2c1ncn2[C@@H]1O[C@H](COP(=O)(O)OP(=O)(O)OP(=O)(O)O)C[C@H]1O.Nc1ncnc2c1ncn2[C@@H]1O[C@H](COP(=O)(O)OP(=O)(O)OP(=O)(O)O)[C@@H](O)N1O.Nc1ncnc2c1ncn2[C@H]1CC[C@@H](COP(=O)(O)OP(=O)(O)OP(=O)(O)O)O1.Nc1ncnc2c1ncn2[C@H]1C[C@H](O)[C@@H](COP(=O)(O)OP(=O)(O)OP(=O)(O)O)O1. The van der Waals surface area contributed by atoms with Gasteiger partial charge in [0.05, 0.1) is 82.8 Å². The molecular formula is C49H78FN26O59P15. The van der Waals surface area contributed by atoms with Crippen LogP contribution in [0.4, 0.5) is 33.5 Å². The second-order valence-corrected chi connectivity index (χ2v) is 51.3. The van der Waals surface area contributed by atoms with E-state index in [2.05, 4.69) is 140 Å². The van der Waals surface area contributed by atoms with E-state index < -0.39 is 237 Å². The first-order valence-corrected chi connectivity index (χ1v) is 61.4. The summed E-state index contributed by atoms with van der Waals surface area (Å²) in [5, 5.41) is 40.8. The number of fused-ring (bicyclic) bond motifs is 5. The molecule has 0 aliphatic carbocycles. The summed E-state index contributed by atoms with van der Waals surface area (Å²) in [4.78, 5) is 237. The maximum absolute atomic E-state index is 14.4. The number of imidazole rings is 5. The molecule has 15 rings (SSSR count). The molecule has 10 aromatic heterocycles. The van der Waals surface area contributed by atoms with Gasteiger partial charge in [-0.05, 0) is 12.8 Å². The topological polar surface area (TPSA) is 1280 Å². The van der Waals surface area contributed by atoms with Crippen LogP contribution in [-0.4, -0.2) is 309 Å². The zero-order valence-electron chi connectivity index (χ0n) is 72.8. The number of ether oxygens (including phenoxy) is 5. The normalized spacial score (nSPS) is 26.1. The largest absolute Gasteiger partial charge is 0.490 e. The van der Waals surface area contributed by atoms with Gasteiger partial charge in [-0.1, -0.05) is 0 Å². The molecule has 10 aromatic rings. The lowest BCUT2D eigenvalue weighted by molar-refractivity contribution is -0.234. The van der Waals surface area contributed by atoms with Gasteiger partial charge in [0.15, 0.2) is 76.0 Å². The van der Waals surface area contributed by atoms with Crippen LogP contribution in [0.25, 0.3) is 55.8 Å². The summed E-state index contributed by atoms with van der Waals surface area (Å²) in [5.41, 5.74) is 31.0. The number of phosphoric ester groups is 5. The predicted octanol–water partition coefficient (Wildman–Crippen LogP) is -1.78. The minimum Gasteiger partial charge on any atom is -0.390 e. The Morgan fingerprint density at radius 1 is 0.293 bits per heavy atom. The van der Waals surface area contributed by atoms with Crippen molar-refractivity contribution < 1.29 is 281 Å². The molecule has 0 spiro atoms. The van der Waals surface area contributed by atoms with Crippen molar-refractivity contribution in [3.8, 4) is 0 Å². The average molecular weight is 2460 g/mol. The van der Waals surface area contributed by atoms with Gasteiger partial charge in [0.25, 0.3) is 0 Å². The number of nitrogens with zero attached hydrogens (tertiary/aromatic N) is 21. The Labute approximate surface area is 825 Å². The van der Waals surface area contributed by atoms with Crippen molar-refractivity contribution in [3.63, 3.8) is 0 Å². The van der Waals surface area contributed by atoms with E-state index in [9.17, 15) is 118 Å². The van der Waals surface area contributed by atoms with Gasteiger partial charge < -0.3 is 171 Å². The molecule has 5 saturated heterocycles. The van der Waals surface area contributed by atoms with Crippen LogP contribution in [0.5, 0.6) is 0 Å². The highest BCUT2D eigenvalue weighted by Gasteiger charge is 2.51. The summed E-state index contributed by atoms with van der Waals surface area (Å²) in [6, 6.07) is 0. The molecule has 85 nitrogen and oxygen atoms in total. The molecule has 150 heavy (non-hydrogen) atoms. The first-order valence-electron chi connectivity index (χ1n) is 38.8. The maximum atomic E-state index is 14.4. The lowest BCUT2D eigenvalue weighted by Gasteiger charge is -2.19. The maximum Gasteiger partial charge on any atom is 0.490 e. The summed E-state index contributed by atoms with van der Waals surface area (Å²) in [5.74, 6) is 0.514. The molecule has 0 aromatic carbocycles. The molecule has 5 aliphatic rings. The predicted molar refractivity (Wildman–Crippen MR) is 467 cm³/mol. The number of halogens is 1. The third-order valence-electron chi connectivity index (χ3n) is 18.2. The van der Waals surface area contributed by atoms with Crippen molar-refractivity contribution in [3.05, 3.63) is 63.3 Å². The van der Waals surface area contributed by atoms with E-state index in [1.165, 1.54) is 58.0 Å². The van der Waals surface area contributed by atoms with Gasteiger partial charge >= 0.3 is 117 Å². The van der Waals surface area contributed by atoms with E-state index in [1.54, 1.807) is 4.57 Å². The van der Waals surface area contributed by atoms with Crippen LogP contribution in [0.2, 0.25) is 0 Å². The van der Waals surface area contributed by atoms with Crippen molar-refractivity contribution in [2.75, 3.05) is 61.7 Å². The highest BCUT2D eigenvalue weighted by atomic mass is 31.3. The van der Waals surface area contributed by atoms with Crippen LogP contribution in [0.1, 0.15) is 63.4 Å². The number of rotatable bonds is 40. The standard InChI is InChI=1S/C10H15FN5O11P3.2C10H16N5O12P3.C10H16N5O11P3.C9H15N6O13P3/c11-6-1-5(2-24-29(20,21)27-30(22,23)26-28(17,18)19)25-10(6)16-4-15-7-8(12)13-3-14-9(7)16;11-9-8-10(13-3-12-9)15(4-14-8)7-1-5(16)6(25-7)2-24-29(20,21)27-30(22,23)26-28(17,18)19;11-8-7-9(13-3-12-8)15(4-14-7)10-6(16)1-5(25-10)2-24-29(20,21)27-30(22,23)26-28(17,18)19;11-9-8-10(13-4-12-9)15(5-14-8)7-2-1-6(24-7)3-23-28(19,20)26-29(21,22)25-27(16,17)18;10-6-5-7(12-2-11-6)14(3-13-5)9-15(17)8(16)4(26-9)1-25-30(21,22)28-31(23,24)27-29(18,19)20/h3-6,10H,1-2H2,(H,20,21)(H,22,23)(H2,12,13,14)(H2,17,18,19);3-7,16H,1-2H2,(H,20,21)(H,22,23)(H2,11,12,13)(H2,17,18,19);3-6,10,16H,1-2H2,(H,20,21)(H,22,23)(H2,11,12,13)(H2,17,18,19);4-7H,1-3H2,(H,19,20)(H,21,22)(H2,11,12,13)(H2,16,17,18);2-4,8-9,16-17H,1H2,(H,21,22)(H,23,24)(H2,10,11,12)(H2,18,19,20)/t5-,6+,10+;5-,6+,7+;5-,6+,10+;6-,7+;4-,8-,9+/m00001/s1. The molecule has 0 saturated carbocycles. The first kappa shape index (κ1) is 124.